The maximum Gasteiger partial charge on any atom is 0.416 e. The molecule has 6 nitrogen and oxygen atoms in total. The average molecular weight is 428 g/mol. The molecule has 0 atom stereocenters. The molecule has 30 heavy (non-hydrogen) atoms. The Labute approximate surface area is 172 Å². The van der Waals surface area contributed by atoms with Crippen molar-refractivity contribution in [2.24, 2.45) is 5.41 Å². The minimum absolute atomic E-state index is 0.111. The number of benzene rings is 1. The molecule has 0 bridgehead atoms. The lowest BCUT2D eigenvalue weighted by atomic mass is 9.96. The molecule has 1 aromatic carbocycles. The van der Waals surface area contributed by atoms with E-state index in [1.165, 1.54) is 10.6 Å². The zero-order valence-corrected chi connectivity index (χ0v) is 17.5. The Kier molecular flexibility index (Phi) is 7.05. The molecule has 2 rings (SSSR count). The Bertz CT molecular complexity index is 975. The number of rotatable bonds is 7. The highest BCUT2D eigenvalue weighted by Crippen LogP contribution is 2.35. The van der Waals surface area contributed by atoms with Gasteiger partial charge in [-0.15, -0.1) is 0 Å². The summed E-state index contributed by atoms with van der Waals surface area (Å²) in [5.41, 5.74) is -1.64. The molecule has 0 spiro atoms. The van der Waals surface area contributed by atoms with E-state index in [1.807, 2.05) is 27.7 Å². The van der Waals surface area contributed by atoms with E-state index < -0.39 is 28.8 Å². The first-order valence-electron chi connectivity index (χ1n) is 9.71. The minimum Gasteiger partial charge on any atom is -0.491 e. The number of pyridine rings is 1. The second-order valence-electron chi connectivity index (χ2n) is 8.35. The van der Waals surface area contributed by atoms with Gasteiger partial charge in [-0.2, -0.15) is 13.2 Å². The SMILES string of the molecule is CCCCOc1c(CNC(=O)O)n(CC(C)(C)C)c(=O)c2cc(C(F)(F)F)ccc12. The fourth-order valence-corrected chi connectivity index (χ4v) is 3.10. The van der Waals surface area contributed by atoms with Crippen molar-refractivity contribution in [3.05, 3.63) is 39.8 Å². The number of nitrogens with one attached hydrogen (secondary N) is 1. The lowest BCUT2D eigenvalue weighted by Crippen LogP contribution is -2.33. The van der Waals surface area contributed by atoms with Crippen molar-refractivity contribution >= 4 is 16.9 Å². The summed E-state index contributed by atoms with van der Waals surface area (Å²) in [7, 11) is 0. The van der Waals surface area contributed by atoms with Crippen LogP contribution in [0.5, 0.6) is 5.75 Å². The number of fused-ring (bicyclic) bond motifs is 1. The van der Waals surface area contributed by atoms with Gasteiger partial charge < -0.3 is 19.7 Å². The van der Waals surface area contributed by atoms with Gasteiger partial charge in [0.05, 0.1) is 29.8 Å². The second-order valence-corrected chi connectivity index (χ2v) is 8.35. The molecule has 2 N–H and O–H groups in total. The van der Waals surface area contributed by atoms with Gasteiger partial charge in [-0.1, -0.05) is 34.1 Å². The molecule has 0 unspecified atom stereocenters. The van der Waals surface area contributed by atoms with Crippen molar-refractivity contribution in [3.8, 4) is 5.75 Å². The van der Waals surface area contributed by atoms with Crippen LogP contribution in [0.15, 0.2) is 23.0 Å². The summed E-state index contributed by atoms with van der Waals surface area (Å²) in [6.07, 6.45) is -4.34. The first-order valence-corrected chi connectivity index (χ1v) is 9.71. The molecule has 0 fully saturated rings. The number of nitrogens with zero attached hydrogens (tertiary/aromatic N) is 1. The lowest BCUT2D eigenvalue weighted by molar-refractivity contribution is -0.137. The van der Waals surface area contributed by atoms with Gasteiger partial charge in [-0.3, -0.25) is 4.79 Å². The minimum atomic E-state index is -4.59. The summed E-state index contributed by atoms with van der Waals surface area (Å²) < 4.78 is 46.9. The molecule has 0 aliphatic heterocycles. The van der Waals surface area contributed by atoms with Gasteiger partial charge in [0.2, 0.25) is 0 Å². The Morgan fingerprint density at radius 1 is 1.20 bits per heavy atom. The predicted molar refractivity (Wildman–Crippen MR) is 108 cm³/mol. The number of halogens is 3. The molecule has 0 saturated heterocycles. The van der Waals surface area contributed by atoms with Gasteiger partial charge in [0.15, 0.2) is 0 Å². The highest BCUT2D eigenvalue weighted by Gasteiger charge is 2.32. The molecule has 166 valence electrons. The molecule has 1 amide bonds. The van der Waals surface area contributed by atoms with Gasteiger partial charge in [-0.25, -0.2) is 4.79 Å². The van der Waals surface area contributed by atoms with Crippen molar-refractivity contribution in [2.75, 3.05) is 6.61 Å². The molecule has 2 aromatic rings. The van der Waals surface area contributed by atoms with Crippen molar-refractivity contribution in [1.29, 1.82) is 0 Å². The fraction of sp³-hybridized carbons (Fsp3) is 0.524. The molecule has 9 heteroatoms. The van der Waals surface area contributed by atoms with Crippen molar-refractivity contribution in [3.63, 3.8) is 0 Å². The number of amides is 1. The average Bonchev–Trinajstić information content (AvgIpc) is 2.62. The molecule has 1 aromatic heterocycles. The third-order valence-corrected chi connectivity index (χ3v) is 4.44. The van der Waals surface area contributed by atoms with Gasteiger partial charge in [0, 0.05) is 11.9 Å². The quantitative estimate of drug-likeness (QED) is 0.608. The van der Waals surface area contributed by atoms with Crippen LogP contribution in [0.1, 0.15) is 51.8 Å². The number of carbonyl (C=O) groups is 1. The first kappa shape index (κ1) is 23.6. The van der Waals surface area contributed by atoms with Crippen LogP contribution in [0.4, 0.5) is 18.0 Å². The maximum atomic E-state index is 13.2. The van der Waals surface area contributed by atoms with E-state index in [2.05, 4.69) is 5.32 Å². The zero-order chi connectivity index (χ0) is 22.7. The molecule has 0 radical (unpaired) electrons. The van der Waals surface area contributed by atoms with Gasteiger partial charge >= 0.3 is 12.3 Å². The third-order valence-electron chi connectivity index (χ3n) is 4.44. The highest BCUT2D eigenvalue weighted by molar-refractivity contribution is 5.89. The summed E-state index contributed by atoms with van der Waals surface area (Å²) >= 11 is 0. The van der Waals surface area contributed by atoms with E-state index in [0.717, 1.165) is 18.6 Å². The van der Waals surface area contributed by atoms with Crippen LogP contribution in [-0.4, -0.2) is 22.4 Å². The van der Waals surface area contributed by atoms with Gasteiger partial charge in [0.25, 0.3) is 5.56 Å². The molecule has 0 saturated carbocycles. The van der Waals surface area contributed by atoms with E-state index >= 15 is 0 Å². The van der Waals surface area contributed by atoms with Crippen LogP contribution in [0, 0.1) is 5.41 Å². The van der Waals surface area contributed by atoms with Gasteiger partial charge in [0.1, 0.15) is 5.75 Å². The van der Waals surface area contributed by atoms with Crippen LogP contribution >= 0.6 is 0 Å². The monoisotopic (exact) mass is 428 g/mol. The van der Waals surface area contributed by atoms with E-state index in [-0.39, 0.29) is 29.6 Å². The van der Waals surface area contributed by atoms with Crippen LogP contribution in [0.2, 0.25) is 0 Å². The summed E-state index contributed by atoms with van der Waals surface area (Å²) in [5, 5.41) is 11.4. The van der Waals surface area contributed by atoms with E-state index in [1.54, 1.807) is 0 Å². The number of hydrogen-bond donors (Lipinski definition) is 2. The second kappa shape index (κ2) is 8.97. The highest BCUT2D eigenvalue weighted by atomic mass is 19.4. The number of ether oxygens (including phenoxy) is 1. The maximum absolute atomic E-state index is 13.2. The van der Waals surface area contributed by atoms with Crippen molar-refractivity contribution < 1.29 is 27.8 Å². The number of carboxylic acid groups (broad SMARTS) is 1. The summed E-state index contributed by atoms with van der Waals surface area (Å²) in [6.45, 7) is 7.86. The largest absolute Gasteiger partial charge is 0.491 e. The number of alkyl halides is 3. The topological polar surface area (TPSA) is 80.6 Å². The van der Waals surface area contributed by atoms with E-state index in [0.29, 0.717) is 18.7 Å². The smallest absolute Gasteiger partial charge is 0.416 e. The fourth-order valence-electron chi connectivity index (χ4n) is 3.10. The number of aromatic nitrogens is 1. The Hall–Kier alpha value is -2.71. The molecular formula is C21H27F3N2O4. The van der Waals surface area contributed by atoms with Crippen LogP contribution in [0.25, 0.3) is 10.8 Å². The van der Waals surface area contributed by atoms with Crippen LogP contribution in [-0.2, 0) is 19.3 Å². The molecule has 0 aliphatic carbocycles. The normalized spacial score (nSPS) is 12.2. The van der Waals surface area contributed by atoms with E-state index in [9.17, 15) is 22.8 Å². The number of hydrogen-bond acceptors (Lipinski definition) is 3. The molecule has 0 aliphatic rings. The summed E-state index contributed by atoms with van der Waals surface area (Å²) in [4.78, 5) is 24.3. The lowest BCUT2D eigenvalue weighted by Gasteiger charge is -2.25. The van der Waals surface area contributed by atoms with E-state index in [4.69, 9.17) is 9.84 Å². The van der Waals surface area contributed by atoms with Crippen molar-refractivity contribution in [2.45, 2.75) is 59.8 Å². The number of unbranched alkanes of at least 4 members (excludes halogenated alkanes) is 1. The van der Waals surface area contributed by atoms with Crippen LogP contribution in [0.3, 0.4) is 0 Å². The summed E-state index contributed by atoms with van der Waals surface area (Å²) in [6, 6.07) is 2.95. The standard InChI is InChI=1S/C21H27F3N2O4/c1-5-6-9-30-17-14-8-7-13(21(22,23)24)10-15(14)18(27)26(12-20(2,3)4)16(17)11-25-19(28)29/h7-8,10,25H,5-6,9,11-12H2,1-4H3,(H,28,29). The first-order chi connectivity index (χ1) is 13.8. The predicted octanol–water partition coefficient (Wildman–Crippen LogP) is 5.01. The van der Waals surface area contributed by atoms with Crippen molar-refractivity contribution in [1.82, 2.24) is 9.88 Å². The Morgan fingerprint density at radius 3 is 2.40 bits per heavy atom. The van der Waals surface area contributed by atoms with Crippen LogP contribution < -0.4 is 15.6 Å². The Balaban J connectivity index is 2.83. The Morgan fingerprint density at radius 2 is 1.87 bits per heavy atom. The third kappa shape index (κ3) is 5.67. The zero-order valence-electron chi connectivity index (χ0n) is 17.5. The molecule has 1 heterocycles. The summed E-state index contributed by atoms with van der Waals surface area (Å²) in [5.74, 6) is 0.227. The molecular weight excluding hydrogens is 401 g/mol. The van der Waals surface area contributed by atoms with Gasteiger partial charge in [-0.05, 0) is 30.0 Å².